The molecule has 0 unspecified atom stereocenters. The molecule has 0 bridgehead atoms. The summed E-state index contributed by atoms with van der Waals surface area (Å²) >= 11 is 5.26. The zero-order valence-electron chi connectivity index (χ0n) is 19.0. The van der Waals surface area contributed by atoms with Crippen molar-refractivity contribution in [2.45, 2.75) is 0 Å². The summed E-state index contributed by atoms with van der Waals surface area (Å²) in [5, 5.41) is 11.4. The van der Waals surface area contributed by atoms with Crippen LogP contribution in [0.5, 0.6) is 23.0 Å². The van der Waals surface area contributed by atoms with Gasteiger partial charge in [0.15, 0.2) is 23.2 Å². The Morgan fingerprint density at radius 1 is 1.00 bits per heavy atom. The minimum Gasteiger partial charge on any atom is -0.493 e. The number of benzene rings is 3. The minimum absolute atomic E-state index is 0.0770. The number of para-hydroxylation sites is 2. The summed E-state index contributed by atoms with van der Waals surface area (Å²) in [7, 11) is 1.39. The summed E-state index contributed by atoms with van der Waals surface area (Å²) in [4.78, 5) is 38.3. The van der Waals surface area contributed by atoms with Gasteiger partial charge in [0, 0.05) is 5.56 Å². The molecule has 3 aromatic rings. The number of nitrogens with one attached hydrogen (secondary N) is 1. The lowest BCUT2D eigenvalue weighted by molar-refractivity contribution is -0.139. The van der Waals surface area contributed by atoms with Crippen molar-refractivity contribution in [3.05, 3.63) is 83.9 Å². The van der Waals surface area contributed by atoms with Crippen molar-refractivity contribution in [3.8, 4) is 23.0 Å². The van der Waals surface area contributed by atoms with E-state index in [-0.39, 0.29) is 27.7 Å². The Morgan fingerprint density at radius 3 is 2.36 bits per heavy atom. The molecule has 1 fully saturated rings. The van der Waals surface area contributed by atoms with Gasteiger partial charge in [-0.25, -0.2) is 4.79 Å². The molecule has 3 aromatic carbocycles. The first-order valence-electron chi connectivity index (χ1n) is 10.6. The number of aliphatic carboxylic acids is 1. The fourth-order valence-electron chi connectivity index (χ4n) is 3.43. The zero-order chi connectivity index (χ0) is 25.7. The molecule has 2 amide bonds. The molecule has 1 aliphatic heterocycles. The highest BCUT2D eigenvalue weighted by Crippen LogP contribution is 2.34. The molecule has 36 heavy (non-hydrogen) atoms. The molecular weight excluding hydrogens is 484 g/mol. The molecule has 0 radical (unpaired) electrons. The van der Waals surface area contributed by atoms with Gasteiger partial charge >= 0.3 is 5.97 Å². The molecule has 182 valence electrons. The molecule has 4 rings (SSSR count). The Balaban J connectivity index is 1.64. The number of hydrogen-bond donors (Lipinski definition) is 2. The predicted octanol–water partition coefficient (Wildman–Crippen LogP) is 3.78. The Morgan fingerprint density at radius 2 is 1.69 bits per heavy atom. The smallest absolute Gasteiger partial charge is 0.341 e. The van der Waals surface area contributed by atoms with E-state index < -0.39 is 24.4 Å². The third-order valence-electron chi connectivity index (χ3n) is 5.04. The fraction of sp³-hybridized carbons (Fsp3) is 0.0769. The van der Waals surface area contributed by atoms with E-state index in [0.29, 0.717) is 17.2 Å². The highest BCUT2D eigenvalue weighted by molar-refractivity contribution is 7.80. The lowest BCUT2D eigenvalue weighted by atomic mass is 10.1. The first-order valence-corrected chi connectivity index (χ1v) is 11.0. The van der Waals surface area contributed by atoms with Gasteiger partial charge in [-0.3, -0.25) is 19.8 Å². The summed E-state index contributed by atoms with van der Waals surface area (Å²) in [6.07, 6.45) is 1.30. The van der Waals surface area contributed by atoms with Crippen LogP contribution in [-0.4, -0.2) is 41.7 Å². The number of carbonyl (C=O) groups is 3. The Labute approximate surface area is 211 Å². The minimum atomic E-state index is -1.19. The van der Waals surface area contributed by atoms with E-state index in [9.17, 15) is 14.4 Å². The number of carboxylic acids is 1. The van der Waals surface area contributed by atoms with Crippen LogP contribution < -0.4 is 24.4 Å². The van der Waals surface area contributed by atoms with Gasteiger partial charge in [0.2, 0.25) is 0 Å². The molecule has 1 heterocycles. The van der Waals surface area contributed by atoms with Crippen LogP contribution in [0.15, 0.2) is 78.4 Å². The van der Waals surface area contributed by atoms with Crippen LogP contribution in [0.25, 0.3) is 6.08 Å². The molecule has 10 heteroatoms. The fourth-order valence-corrected chi connectivity index (χ4v) is 3.71. The van der Waals surface area contributed by atoms with Crippen molar-refractivity contribution in [1.29, 1.82) is 0 Å². The van der Waals surface area contributed by atoms with E-state index in [1.807, 2.05) is 30.3 Å². The molecule has 0 atom stereocenters. The first-order chi connectivity index (χ1) is 17.4. The number of methoxy groups -OCH3 is 1. The van der Waals surface area contributed by atoms with Crippen LogP contribution >= 0.6 is 12.2 Å². The van der Waals surface area contributed by atoms with Crippen LogP contribution in [0.4, 0.5) is 5.69 Å². The van der Waals surface area contributed by atoms with Gasteiger partial charge in [-0.2, -0.15) is 0 Å². The highest BCUT2D eigenvalue weighted by Gasteiger charge is 2.35. The third-order valence-corrected chi connectivity index (χ3v) is 5.33. The Bertz CT molecular complexity index is 1350. The van der Waals surface area contributed by atoms with E-state index in [1.54, 1.807) is 42.5 Å². The standard InChI is InChI=1S/C26H20N2O7S/c1-33-21-9-5-6-16(23(21)34-15-22(29)30)14-20-24(31)27-26(36)28(25(20)32)17-10-12-19(13-11-17)35-18-7-3-2-4-8-18/h2-14H,15H2,1H3,(H,29,30)(H,27,31,36)/b20-14+. The summed E-state index contributed by atoms with van der Waals surface area (Å²) in [6, 6.07) is 20.6. The van der Waals surface area contributed by atoms with Crippen LogP contribution in [0.3, 0.4) is 0 Å². The second kappa shape index (κ2) is 10.7. The number of carbonyl (C=O) groups excluding carboxylic acids is 2. The number of ether oxygens (including phenoxy) is 3. The van der Waals surface area contributed by atoms with Gasteiger partial charge in [0.25, 0.3) is 11.8 Å². The molecule has 0 aliphatic carbocycles. The van der Waals surface area contributed by atoms with Gasteiger partial charge in [0.1, 0.15) is 17.1 Å². The quantitative estimate of drug-likeness (QED) is 0.271. The number of amides is 2. The third kappa shape index (κ3) is 5.34. The second-order valence-electron chi connectivity index (χ2n) is 7.43. The van der Waals surface area contributed by atoms with Crippen molar-refractivity contribution in [3.63, 3.8) is 0 Å². The van der Waals surface area contributed by atoms with Gasteiger partial charge < -0.3 is 19.3 Å². The Kier molecular flexibility index (Phi) is 7.26. The maximum atomic E-state index is 13.4. The monoisotopic (exact) mass is 504 g/mol. The lowest BCUT2D eigenvalue weighted by Gasteiger charge is -2.29. The predicted molar refractivity (Wildman–Crippen MR) is 135 cm³/mol. The number of carboxylic acid groups (broad SMARTS) is 1. The van der Waals surface area contributed by atoms with Crippen molar-refractivity contribution >= 4 is 46.9 Å². The average Bonchev–Trinajstić information content (AvgIpc) is 2.87. The van der Waals surface area contributed by atoms with Crippen molar-refractivity contribution < 1.29 is 33.7 Å². The molecule has 9 nitrogen and oxygen atoms in total. The maximum absolute atomic E-state index is 13.4. The molecule has 0 spiro atoms. The lowest BCUT2D eigenvalue weighted by Crippen LogP contribution is -2.54. The van der Waals surface area contributed by atoms with Gasteiger partial charge in [-0.15, -0.1) is 0 Å². The summed E-state index contributed by atoms with van der Waals surface area (Å²) in [5.41, 5.74) is 0.486. The highest BCUT2D eigenvalue weighted by atomic mass is 32.1. The van der Waals surface area contributed by atoms with Crippen LogP contribution in [0.1, 0.15) is 5.56 Å². The molecule has 2 N–H and O–H groups in total. The molecular formula is C26H20N2O7S. The number of hydrogen-bond acceptors (Lipinski definition) is 7. The average molecular weight is 505 g/mol. The number of anilines is 1. The molecule has 1 saturated heterocycles. The van der Waals surface area contributed by atoms with Crippen LogP contribution in [0.2, 0.25) is 0 Å². The van der Waals surface area contributed by atoms with Crippen molar-refractivity contribution in [1.82, 2.24) is 5.32 Å². The first kappa shape index (κ1) is 24.4. The van der Waals surface area contributed by atoms with E-state index in [2.05, 4.69) is 5.32 Å². The molecule has 1 aliphatic rings. The second-order valence-corrected chi connectivity index (χ2v) is 7.81. The molecule has 0 aromatic heterocycles. The zero-order valence-corrected chi connectivity index (χ0v) is 19.8. The summed E-state index contributed by atoms with van der Waals surface area (Å²) in [6.45, 7) is -0.635. The number of rotatable bonds is 8. The van der Waals surface area contributed by atoms with E-state index in [0.717, 1.165) is 0 Å². The normalized spacial score (nSPS) is 14.4. The largest absolute Gasteiger partial charge is 0.493 e. The number of nitrogens with zero attached hydrogens (tertiary/aromatic N) is 1. The topological polar surface area (TPSA) is 114 Å². The van der Waals surface area contributed by atoms with Crippen molar-refractivity contribution in [2.75, 3.05) is 18.6 Å². The van der Waals surface area contributed by atoms with Gasteiger partial charge in [0.05, 0.1) is 12.8 Å². The van der Waals surface area contributed by atoms with E-state index in [4.69, 9.17) is 31.5 Å². The summed E-state index contributed by atoms with van der Waals surface area (Å²) in [5.74, 6) is -1.01. The summed E-state index contributed by atoms with van der Waals surface area (Å²) < 4.78 is 16.4. The number of thiocarbonyl (C=S) groups is 1. The van der Waals surface area contributed by atoms with Gasteiger partial charge in [-0.05, 0) is 60.8 Å². The SMILES string of the molecule is COc1cccc(/C=C2\C(=O)NC(=S)N(c3ccc(Oc4ccccc4)cc3)C2=O)c1OCC(=O)O. The Hall–Kier alpha value is -4.70. The maximum Gasteiger partial charge on any atom is 0.341 e. The van der Waals surface area contributed by atoms with Gasteiger partial charge in [-0.1, -0.05) is 30.3 Å². The van der Waals surface area contributed by atoms with Crippen LogP contribution in [-0.2, 0) is 14.4 Å². The van der Waals surface area contributed by atoms with E-state index in [1.165, 1.54) is 18.1 Å². The molecule has 0 saturated carbocycles. The van der Waals surface area contributed by atoms with Crippen molar-refractivity contribution in [2.24, 2.45) is 0 Å². The van der Waals surface area contributed by atoms with Crippen LogP contribution in [0, 0.1) is 0 Å². The van der Waals surface area contributed by atoms with E-state index >= 15 is 0 Å².